The molecule has 3 aliphatic rings. The number of anilines is 1. The summed E-state index contributed by atoms with van der Waals surface area (Å²) in [4.78, 5) is 36.0. The van der Waals surface area contributed by atoms with Crippen molar-refractivity contribution >= 4 is 17.9 Å². The Balaban J connectivity index is 1.16. The first-order valence-corrected chi connectivity index (χ1v) is 13.3. The first-order valence-electron chi connectivity index (χ1n) is 13.3. The van der Waals surface area contributed by atoms with Crippen molar-refractivity contribution in [3.8, 4) is 0 Å². The molecule has 0 unspecified atom stereocenters. The quantitative estimate of drug-likeness (QED) is 0.684. The van der Waals surface area contributed by atoms with Gasteiger partial charge in [0.05, 0.1) is 6.61 Å². The molecule has 2 fully saturated rings. The summed E-state index contributed by atoms with van der Waals surface area (Å²) in [5.41, 5.74) is 2.27. The summed E-state index contributed by atoms with van der Waals surface area (Å²) in [5, 5.41) is 3.09. The van der Waals surface area contributed by atoms with E-state index >= 15 is 0 Å². The van der Waals surface area contributed by atoms with E-state index in [1.54, 1.807) is 6.20 Å². The van der Waals surface area contributed by atoms with Gasteiger partial charge >= 0.3 is 12.1 Å². The summed E-state index contributed by atoms with van der Waals surface area (Å²) < 4.78 is 5.15. The van der Waals surface area contributed by atoms with Gasteiger partial charge in [0.15, 0.2) is 0 Å². The van der Waals surface area contributed by atoms with Crippen LogP contribution >= 0.6 is 0 Å². The van der Waals surface area contributed by atoms with E-state index in [0.29, 0.717) is 25.6 Å². The number of carbonyl (C=O) groups excluding carboxylic acids is 2. The zero-order chi connectivity index (χ0) is 25.0. The van der Waals surface area contributed by atoms with Gasteiger partial charge in [0.25, 0.3) is 0 Å². The maximum atomic E-state index is 13.2. The second-order valence-electron chi connectivity index (χ2n) is 10.3. The Bertz CT molecular complexity index is 1050. The first kappa shape index (κ1) is 24.6. The minimum atomic E-state index is -0.179. The van der Waals surface area contributed by atoms with Crippen LogP contribution in [0.3, 0.4) is 0 Å². The molecule has 0 bridgehead atoms. The highest BCUT2D eigenvalue weighted by Gasteiger charge is 2.47. The SMILES string of the molecule is CCOC(=O)N1CCC(CN2CCC3(CC2)CN(C(=O)NCc2ccccc2)c2ncccc23)CC1. The molecule has 3 aliphatic heterocycles. The van der Waals surface area contributed by atoms with Crippen molar-refractivity contribution in [2.45, 2.75) is 44.6 Å². The summed E-state index contributed by atoms with van der Waals surface area (Å²) in [6.45, 7) is 8.16. The maximum absolute atomic E-state index is 13.2. The molecule has 1 aromatic heterocycles. The van der Waals surface area contributed by atoms with Crippen molar-refractivity contribution in [3.05, 3.63) is 59.8 Å². The molecule has 1 aromatic carbocycles. The van der Waals surface area contributed by atoms with Gasteiger partial charge in [-0.25, -0.2) is 14.6 Å². The predicted octanol–water partition coefficient (Wildman–Crippen LogP) is 4.01. The minimum Gasteiger partial charge on any atom is -0.450 e. The van der Waals surface area contributed by atoms with Crippen LogP contribution in [0.2, 0.25) is 0 Å². The van der Waals surface area contributed by atoms with Crippen molar-refractivity contribution in [1.29, 1.82) is 0 Å². The molecule has 0 saturated carbocycles. The van der Waals surface area contributed by atoms with Gasteiger partial charge in [-0.3, -0.25) is 4.90 Å². The number of aromatic nitrogens is 1. The van der Waals surface area contributed by atoms with E-state index in [9.17, 15) is 9.59 Å². The topological polar surface area (TPSA) is 78.0 Å². The number of pyridine rings is 1. The van der Waals surface area contributed by atoms with Crippen LogP contribution in [0.4, 0.5) is 15.4 Å². The Morgan fingerprint density at radius 2 is 1.81 bits per heavy atom. The van der Waals surface area contributed by atoms with Crippen LogP contribution in [0.25, 0.3) is 0 Å². The van der Waals surface area contributed by atoms with Crippen LogP contribution in [0.1, 0.15) is 43.7 Å². The highest BCUT2D eigenvalue weighted by molar-refractivity contribution is 5.94. The normalized spacial score (nSPS) is 19.8. The fourth-order valence-corrected chi connectivity index (χ4v) is 5.99. The highest BCUT2D eigenvalue weighted by atomic mass is 16.6. The van der Waals surface area contributed by atoms with Gasteiger partial charge in [-0.1, -0.05) is 36.4 Å². The van der Waals surface area contributed by atoms with Gasteiger partial charge in [-0.2, -0.15) is 0 Å². The van der Waals surface area contributed by atoms with Crippen molar-refractivity contribution in [2.24, 2.45) is 5.92 Å². The van der Waals surface area contributed by atoms with Crippen LogP contribution in [-0.4, -0.2) is 72.8 Å². The molecular weight excluding hydrogens is 454 g/mol. The Hall–Kier alpha value is -3.13. The second kappa shape index (κ2) is 10.9. The van der Waals surface area contributed by atoms with Crippen LogP contribution < -0.4 is 10.2 Å². The van der Waals surface area contributed by atoms with Crippen molar-refractivity contribution < 1.29 is 14.3 Å². The molecule has 2 aromatic rings. The van der Waals surface area contributed by atoms with Gasteiger partial charge in [-0.15, -0.1) is 0 Å². The van der Waals surface area contributed by atoms with Crippen molar-refractivity contribution in [1.82, 2.24) is 20.1 Å². The van der Waals surface area contributed by atoms with Crippen LogP contribution in [0, 0.1) is 5.92 Å². The number of hydrogen-bond acceptors (Lipinski definition) is 5. The number of urea groups is 1. The highest BCUT2D eigenvalue weighted by Crippen LogP contribution is 2.46. The average molecular weight is 492 g/mol. The molecular formula is C28H37N5O3. The third-order valence-electron chi connectivity index (χ3n) is 8.08. The van der Waals surface area contributed by atoms with E-state index in [4.69, 9.17) is 4.74 Å². The number of fused-ring (bicyclic) bond motifs is 2. The first-order chi connectivity index (χ1) is 17.6. The molecule has 8 nitrogen and oxygen atoms in total. The van der Waals surface area contributed by atoms with E-state index in [0.717, 1.165) is 69.8 Å². The lowest BCUT2D eigenvalue weighted by Gasteiger charge is -2.41. The number of hydrogen-bond donors (Lipinski definition) is 1. The molecule has 0 atom stereocenters. The van der Waals surface area contributed by atoms with Gasteiger partial charge in [0.2, 0.25) is 0 Å². The number of rotatable bonds is 5. The van der Waals surface area contributed by atoms with E-state index in [-0.39, 0.29) is 17.5 Å². The third kappa shape index (κ3) is 5.19. The smallest absolute Gasteiger partial charge is 0.409 e. The van der Waals surface area contributed by atoms with Gasteiger partial charge in [-0.05, 0) is 63.2 Å². The zero-order valence-corrected chi connectivity index (χ0v) is 21.2. The van der Waals surface area contributed by atoms with Crippen molar-refractivity contribution in [3.63, 3.8) is 0 Å². The maximum Gasteiger partial charge on any atom is 0.409 e. The molecule has 5 rings (SSSR count). The Morgan fingerprint density at radius 1 is 1.06 bits per heavy atom. The summed E-state index contributed by atoms with van der Waals surface area (Å²) in [6.07, 6.45) is 5.71. The average Bonchev–Trinajstić information content (AvgIpc) is 3.24. The lowest BCUT2D eigenvalue weighted by molar-refractivity contribution is 0.0798. The number of nitrogens with zero attached hydrogens (tertiary/aromatic N) is 4. The van der Waals surface area contributed by atoms with Crippen LogP contribution in [0.5, 0.6) is 0 Å². The fraction of sp³-hybridized carbons (Fsp3) is 0.536. The summed E-state index contributed by atoms with van der Waals surface area (Å²) >= 11 is 0. The van der Waals surface area contributed by atoms with Crippen molar-refractivity contribution in [2.75, 3.05) is 50.8 Å². The summed E-state index contributed by atoms with van der Waals surface area (Å²) in [7, 11) is 0. The lowest BCUT2D eigenvalue weighted by atomic mass is 9.74. The number of likely N-dealkylation sites (tertiary alicyclic amines) is 2. The molecule has 36 heavy (non-hydrogen) atoms. The molecule has 1 spiro atoms. The standard InChI is InChI=1S/C28H37N5O3/c1-2-36-27(35)32-15-10-23(11-16-32)20-31-17-12-28(13-18-31)21-33(25-24(28)9-6-14-29-25)26(34)30-19-22-7-4-3-5-8-22/h3-9,14,23H,2,10-13,15-21H2,1H3,(H,30,34). The minimum absolute atomic E-state index is 0.0303. The van der Waals surface area contributed by atoms with Crippen LogP contribution in [-0.2, 0) is 16.7 Å². The predicted molar refractivity (Wildman–Crippen MR) is 139 cm³/mol. The molecule has 0 radical (unpaired) electrons. The molecule has 8 heteroatoms. The summed E-state index contributed by atoms with van der Waals surface area (Å²) in [6, 6.07) is 14.1. The Kier molecular flexibility index (Phi) is 7.41. The van der Waals surface area contributed by atoms with Gasteiger partial charge in [0, 0.05) is 49.9 Å². The zero-order valence-electron chi connectivity index (χ0n) is 21.2. The monoisotopic (exact) mass is 491 g/mol. The Labute approximate surface area is 213 Å². The second-order valence-corrected chi connectivity index (χ2v) is 10.3. The largest absolute Gasteiger partial charge is 0.450 e. The van der Waals surface area contributed by atoms with E-state index in [1.165, 1.54) is 5.56 Å². The Morgan fingerprint density at radius 3 is 2.53 bits per heavy atom. The molecule has 192 valence electrons. The summed E-state index contributed by atoms with van der Waals surface area (Å²) in [5.74, 6) is 1.42. The number of ether oxygens (including phenoxy) is 1. The number of piperidine rings is 2. The molecule has 3 amide bonds. The number of carbonyl (C=O) groups is 2. The number of nitrogens with one attached hydrogen (secondary N) is 1. The lowest BCUT2D eigenvalue weighted by Crippen LogP contribution is -2.49. The molecule has 2 saturated heterocycles. The third-order valence-corrected chi connectivity index (χ3v) is 8.08. The van der Waals surface area contributed by atoms with E-state index < -0.39 is 0 Å². The van der Waals surface area contributed by atoms with E-state index in [1.807, 2.05) is 53.1 Å². The number of benzene rings is 1. The van der Waals surface area contributed by atoms with Crippen LogP contribution in [0.15, 0.2) is 48.7 Å². The van der Waals surface area contributed by atoms with Gasteiger partial charge in [0.1, 0.15) is 5.82 Å². The fourth-order valence-electron chi connectivity index (χ4n) is 5.99. The molecule has 1 N–H and O–H groups in total. The molecule has 0 aliphatic carbocycles. The number of amides is 3. The molecule has 4 heterocycles. The van der Waals surface area contributed by atoms with E-state index in [2.05, 4.69) is 21.3 Å². The van der Waals surface area contributed by atoms with Gasteiger partial charge < -0.3 is 19.9 Å².